The number of aromatic nitrogens is 1. The van der Waals surface area contributed by atoms with E-state index in [1.807, 2.05) is 12.1 Å². The molecule has 3 rings (SSSR count). The molecule has 1 heterocycles. The molecule has 0 radical (unpaired) electrons. The Hall–Kier alpha value is -3.39. The van der Waals surface area contributed by atoms with Crippen LogP contribution in [0.15, 0.2) is 71.8 Å². The lowest BCUT2D eigenvalue weighted by molar-refractivity contribution is -0.114. The van der Waals surface area contributed by atoms with Crippen molar-refractivity contribution >= 4 is 38.8 Å². The van der Waals surface area contributed by atoms with Gasteiger partial charge in [0, 0.05) is 18.3 Å². The van der Waals surface area contributed by atoms with Gasteiger partial charge in [0.1, 0.15) is 5.82 Å². The summed E-state index contributed by atoms with van der Waals surface area (Å²) in [5.41, 5.74) is 2.78. The molecular weight excluding hydrogens is 376 g/mol. The van der Waals surface area contributed by atoms with Crippen molar-refractivity contribution in [3.05, 3.63) is 72.4 Å². The summed E-state index contributed by atoms with van der Waals surface area (Å²) in [4.78, 5) is 15.5. The Morgan fingerprint density at radius 3 is 2.36 bits per heavy atom. The minimum atomic E-state index is -3.71. The summed E-state index contributed by atoms with van der Waals surface area (Å²) in [6.45, 7) is 3.19. The smallest absolute Gasteiger partial charge is 0.263 e. The Balaban J connectivity index is 1.72. The van der Waals surface area contributed by atoms with Crippen molar-refractivity contribution in [2.45, 2.75) is 18.7 Å². The standard InChI is InChI=1S/C20H20N4O3S/c1-14-6-3-4-9-19(14)28(26,27)24-20-11-10-18(13-21-20)23-17-8-5-7-16(12-17)22-15(2)25/h3-13,23H,1-2H3,(H,21,24)(H,22,25). The highest BCUT2D eigenvalue weighted by atomic mass is 32.2. The van der Waals surface area contributed by atoms with Gasteiger partial charge in [-0.2, -0.15) is 0 Å². The fourth-order valence-electron chi connectivity index (χ4n) is 2.62. The van der Waals surface area contributed by atoms with Crippen LogP contribution in [-0.2, 0) is 14.8 Å². The van der Waals surface area contributed by atoms with Crippen LogP contribution in [0.2, 0.25) is 0 Å². The molecule has 0 aliphatic carbocycles. The molecule has 0 bridgehead atoms. The molecular formula is C20H20N4O3S. The zero-order chi connectivity index (χ0) is 20.1. The van der Waals surface area contributed by atoms with Gasteiger partial charge in [-0.1, -0.05) is 24.3 Å². The summed E-state index contributed by atoms with van der Waals surface area (Å²) in [6, 6.07) is 17.3. The van der Waals surface area contributed by atoms with E-state index in [4.69, 9.17) is 0 Å². The van der Waals surface area contributed by atoms with E-state index >= 15 is 0 Å². The normalized spacial score (nSPS) is 10.9. The molecule has 2 aromatic carbocycles. The topological polar surface area (TPSA) is 100 Å². The van der Waals surface area contributed by atoms with Gasteiger partial charge in [0.25, 0.3) is 10.0 Å². The Bertz CT molecular complexity index is 1100. The molecule has 144 valence electrons. The van der Waals surface area contributed by atoms with Gasteiger partial charge in [0.2, 0.25) is 5.91 Å². The number of carbonyl (C=O) groups is 1. The van der Waals surface area contributed by atoms with Crippen molar-refractivity contribution in [3.8, 4) is 0 Å². The molecule has 8 heteroatoms. The Morgan fingerprint density at radius 1 is 0.929 bits per heavy atom. The quantitative estimate of drug-likeness (QED) is 0.587. The molecule has 0 aliphatic rings. The van der Waals surface area contributed by atoms with Crippen molar-refractivity contribution in [1.82, 2.24) is 4.98 Å². The summed E-state index contributed by atoms with van der Waals surface area (Å²) in [5.74, 6) is 0.0740. The lowest BCUT2D eigenvalue weighted by atomic mass is 10.2. The SMILES string of the molecule is CC(=O)Nc1cccc(Nc2ccc(NS(=O)(=O)c3ccccc3C)nc2)c1. The Morgan fingerprint density at radius 2 is 1.68 bits per heavy atom. The van der Waals surface area contributed by atoms with E-state index in [0.29, 0.717) is 16.9 Å². The van der Waals surface area contributed by atoms with Gasteiger partial charge in [0.05, 0.1) is 16.8 Å². The second-order valence-electron chi connectivity index (χ2n) is 6.19. The minimum Gasteiger partial charge on any atom is -0.354 e. The maximum Gasteiger partial charge on any atom is 0.263 e. The van der Waals surface area contributed by atoms with Crippen LogP contribution >= 0.6 is 0 Å². The van der Waals surface area contributed by atoms with Crippen molar-refractivity contribution < 1.29 is 13.2 Å². The number of sulfonamides is 1. The van der Waals surface area contributed by atoms with E-state index in [9.17, 15) is 13.2 Å². The zero-order valence-electron chi connectivity index (χ0n) is 15.4. The Labute approximate surface area is 163 Å². The zero-order valence-corrected chi connectivity index (χ0v) is 16.2. The number of aryl methyl sites for hydroxylation is 1. The lowest BCUT2D eigenvalue weighted by Crippen LogP contribution is -2.15. The molecule has 0 saturated heterocycles. The van der Waals surface area contributed by atoms with Gasteiger partial charge < -0.3 is 10.6 Å². The summed E-state index contributed by atoms with van der Waals surface area (Å²) >= 11 is 0. The van der Waals surface area contributed by atoms with E-state index < -0.39 is 10.0 Å². The maximum absolute atomic E-state index is 12.5. The molecule has 0 fully saturated rings. The number of carbonyl (C=O) groups excluding carboxylic acids is 1. The van der Waals surface area contributed by atoms with Crippen LogP contribution in [0.1, 0.15) is 12.5 Å². The fraction of sp³-hybridized carbons (Fsp3) is 0.100. The van der Waals surface area contributed by atoms with Crippen molar-refractivity contribution in [2.24, 2.45) is 0 Å². The van der Waals surface area contributed by atoms with Crippen LogP contribution in [-0.4, -0.2) is 19.3 Å². The van der Waals surface area contributed by atoms with Crippen molar-refractivity contribution in [2.75, 3.05) is 15.4 Å². The largest absolute Gasteiger partial charge is 0.354 e. The van der Waals surface area contributed by atoms with E-state index in [0.717, 1.165) is 5.69 Å². The first-order chi connectivity index (χ1) is 13.3. The average molecular weight is 396 g/mol. The van der Waals surface area contributed by atoms with E-state index in [1.165, 1.54) is 13.1 Å². The highest BCUT2D eigenvalue weighted by Gasteiger charge is 2.16. The average Bonchev–Trinajstić information content (AvgIpc) is 2.63. The number of amides is 1. The Kier molecular flexibility index (Phi) is 5.60. The molecule has 3 N–H and O–H groups in total. The molecule has 7 nitrogen and oxygen atoms in total. The third-order valence-corrected chi connectivity index (χ3v) is 5.37. The van der Waals surface area contributed by atoms with Crippen LogP contribution < -0.4 is 15.4 Å². The van der Waals surface area contributed by atoms with E-state index in [2.05, 4.69) is 20.3 Å². The minimum absolute atomic E-state index is 0.149. The van der Waals surface area contributed by atoms with Gasteiger partial charge in [-0.25, -0.2) is 13.4 Å². The number of rotatable bonds is 6. The first kappa shape index (κ1) is 19.4. The van der Waals surface area contributed by atoms with Crippen LogP contribution in [0.25, 0.3) is 0 Å². The number of nitrogens with one attached hydrogen (secondary N) is 3. The molecule has 28 heavy (non-hydrogen) atoms. The van der Waals surface area contributed by atoms with Crippen LogP contribution in [0, 0.1) is 6.92 Å². The fourth-order valence-corrected chi connectivity index (χ4v) is 3.88. The number of benzene rings is 2. The number of nitrogens with zero attached hydrogens (tertiary/aromatic N) is 1. The summed E-state index contributed by atoms with van der Waals surface area (Å²) < 4.78 is 27.5. The predicted octanol–water partition coefficient (Wildman–Crippen LogP) is 3.89. The summed E-state index contributed by atoms with van der Waals surface area (Å²) in [5, 5.41) is 5.87. The third kappa shape index (κ3) is 4.86. The van der Waals surface area contributed by atoms with Crippen LogP contribution in [0.5, 0.6) is 0 Å². The number of anilines is 4. The number of pyridine rings is 1. The predicted molar refractivity (Wildman–Crippen MR) is 110 cm³/mol. The monoisotopic (exact) mass is 396 g/mol. The highest BCUT2D eigenvalue weighted by Crippen LogP contribution is 2.22. The molecule has 3 aromatic rings. The molecule has 0 aliphatic heterocycles. The van der Waals surface area contributed by atoms with Crippen molar-refractivity contribution in [1.29, 1.82) is 0 Å². The van der Waals surface area contributed by atoms with Gasteiger partial charge in [0.15, 0.2) is 0 Å². The highest BCUT2D eigenvalue weighted by molar-refractivity contribution is 7.92. The number of hydrogen-bond donors (Lipinski definition) is 3. The van der Waals surface area contributed by atoms with Crippen LogP contribution in [0.4, 0.5) is 22.9 Å². The maximum atomic E-state index is 12.5. The first-order valence-electron chi connectivity index (χ1n) is 8.53. The molecule has 1 amide bonds. The van der Waals surface area contributed by atoms with E-state index in [-0.39, 0.29) is 16.6 Å². The van der Waals surface area contributed by atoms with Crippen molar-refractivity contribution in [3.63, 3.8) is 0 Å². The van der Waals surface area contributed by atoms with Crippen LogP contribution in [0.3, 0.4) is 0 Å². The second-order valence-corrected chi connectivity index (χ2v) is 7.84. The molecule has 1 aromatic heterocycles. The third-order valence-electron chi connectivity index (χ3n) is 3.86. The molecule has 0 saturated carbocycles. The van der Waals surface area contributed by atoms with E-state index in [1.54, 1.807) is 55.5 Å². The van der Waals surface area contributed by atoms with Gasteiger partial charge >= 0.3 is 0 Å². The lowest BCUT2D eigenvalue weighted by Gasteiger charge is -2.11. The summed E-state index contributed by atoms with van der Waals surface area (Å²) in [6.07, 6.45) is 1.53. The number of hydrogen-bond acceptors (Lipinski definition) is 5. The molecule has 0 spiro atoms. The van der Waals surface area contributed by atoms with Gasteiger partial charge in [-0.15, -0.1) is 0 Å². The summed E-state index contributed by atoms with van der Waals surface area (Å²) in [7, 11) is -3.71. The van der Waals surface area contributed by atoms with Gasteiger partial charge in [-0.05, 0) is 48.9 Å². The van der Waals surface area contributed by atoms with Gasteiger partial charge in [-0.3, -0.25) is 9.52 Å². The second kappa shape index (κ2) is 8.10. The first-order valence-corrected chi connectivity index (χ1v) is 10.0. The molecule has 0 atom stereocenters. The molecule has 0 unspecified atom stereocenters.